The van der Waals surface area contributed by atoms with Crippen molar-refractivity contribution in [1.29, 1.82) is 0 Å². The molecule has 0 atom stereocenters. The molecule has 1 aromatic heterocycles. The van der Waals surface area contributed by atoms with Crippen LogP contribution < -0.4 is 0 Å². The van der Waals surface area contributed by atoms with Crippen molar-refractivity contribution < 1.29 is 14.6 Å². The number of aliphatic carboxylic acids is 1. The maximum absolute atomic E-state index is 11.4. The van der Waals surface area contributed by atoms with E-state index in [1.807, 2.05) is 5.38 Å². The number of methoxy groups -OCH3 is 1. The topological polar surface area (TPSA) is 59.4 Å². The number of ether oxygens (including phenoxy) is 1. The third-order valence-electron chi connectivity index (χ3n) is 3.18. The van der Waals surface area contributed by atoms with E-state index in [1.165, 1.54) is 11.3 Å². The van der Waals surface area contributed by atoms with Gasteiger partial charge in [-0.15, -0.1) is 11.3 Å². The number of carboxylic acid groups (broad SMARTS) is 1. The molecule has 16 heavy (non-hydrogen) atoms. The molecule has 0 saturated heterocycles. The molecule has 4 nitrogen and oxygen atoms in total. The maximum atomic E-state index is 11.4. The van der Waals surface area contributed by atoms with Crippen molar-refractivity contribution in [3.05, 3.63) is 16.1 Å². The molecule has 1 N–H and O–H groups in total. The molecule has 1 saturated carbocycles. The van der Waals surface area contributed by atoms with Crippen LogP contribution in [0.3, 0.4) is 0 Å². The van der Waals surface area contributed by atoms with Gasteiger partial charge in [-0.1, -0.05) is 12.8 Å². The summed E-state index contributed by atoms with van der Waals surface area (Å²) in [6.07, 6.45) is 3.36. The summed E-state index contributed by atoms with van der Waals surface area (Å²) < 4.78 is 5.00. The Kier molecular flexibility index (Phi) is 3.25. The van der Waals surface area contributed by atoms with Gasteiger partial charge in [-0.25, -0.2) is 4.98 Å². The Morgan fingerprint density at radius 2 is 2.31 bits per heavy atom. The van der Waals surface area contributed by atoms with Crippen LogP contribution in [0.2, 0.25) is 0 Å². The standard InChI is InChI=1S/C11H15NO3S/c1-15-6-9-12-8(7-16-9)11(10(13)14)4-2-3-5-11/h7H,2-6H2,1H3,(H,13,14). The van der Waals surface area contributed by atoms with Gasteiger partial charge in [0.05, 0.1) is 12.3 Å². The highest BCUT2D eigenvalue weighted by Crippen LogP contribution is 2.41. The molecule has 0 amide bonds. The lowest BCUT2D eigenvalue weighted by atomic mass is 9.83. The van der Waals surface area contributed by atoms with Gasteiger partial charge < -0.3 is 9.84 Å². The highest BCUT2D eigenvalue weighted by atomic mass is 32.1. The van der Waals surface area contributed by atoms with E-state index in [2.05, 4.69) is 4.98 Å². The SMILES string of the molecule is COCc1nc(C2(C(=O)O)CCCC2)cs1. The summed E-state index contributed by atoms with van der Waals surface area (Å²) in [7, 11) is 1.61. The first-order chi connectivity index (χ1) is 7.69. The van der Waals surface area contributed by atoms with Crippen molar-refractivity contribution in [2.75, 3.05) is 7.11 Å². The van der Waals surface area contributed by atoms with Crippen LogP contribution in [0.25, 0.3) is 0 Å². The van der Waals surface area contributed by atoms with Crippen molar-refractivity contribution in [1.82, 2.24) is 4.98 Å². The van der Waals surface area contributed by atoms with E-state index in [0.29, 0.717) is 19.4 Å². The lowest BCUT2D eigenvalue weighted by molar-refractivity contribution is -0.143. The maximum Gasteiger partial charge on any atom is 0.315 e. The molecule has 0 unspecified atom stereocenters. The van der Waals surface area contributed by atoms with Crippen LogP contribution in [0.15, 0.2) is 5.38 Å². The zero-order valence-electron chi connectivity index (χ0n) is 9.23. The number of nitrogens with zero attached hydrogens (tertiary/aromatic N) is 1. The van der Waals surface area contributed by atoms with Gasteiger partial charge in [0.25, 0.3) is 0 Å². The second-order valence-corrected chi connectivity index (χ2v) is 5.10. The molecule has 88 valence electrons. The molecule has 1 aromatic rings. The first-order valence-corrected chi connectivity index (χ1v) is 6.24. The monoisotopic (exact) mass is 241 g/mol. The molecule has 1 fully saturated rings. The van der Waals surface area contributed by atoms with E-state index >= 15 is 0 Å². The van der Waals surface area contributed by atoms with Crippen LogP contribution in [0, 0.1) is 0 Å². The van der Waals surface area contributed by atoms with Crippen LogP contribution in [0.5, 0.6) is 0 Å². The minimum absolute atomic E-state index is 0.459. The molecule has 1 aliphatic carbocycles. The summed E-state index contributed by atoms with van der Waals surface area (Å²) in [5.41, 5.74) is -0.0165. The molecule has 0 radical (unpaired) electrons. The van der Waals surface area contributed by atoms with Gasteiger partial charge >= 0.3 is 5.97 Å². The van der Waals surface area contributed by atoms with E-state index in [4.69, 9.17) is 4.74 Å². The number of carbonyl (C=O) groups is 1. The Morgan fingerprint density at radius 1 is 1.62 bits per heavy atom. The van der Waals surface area contributed by atoms with Gasteiger partial charge in [-0.3, -0.25) is 4.79 Å². The predicted octanol–water partition coefficient (Wildman–Crippen LogP) is 2.19. The number of thiazole rings is 1. The Hall–Kier alpha value is -0.940. The highest BCUT2D eigenvalue weighted by molar-refractivity contribution is 7.09. The number of rotatable bonds is 4. The smallest absolute Gasteiger partial charge is 0.315 e. The van der Waals surface area contributed by atoms with Crippen LogP contribution in [-0.2, 0) is 21.6 Å². The second kappa shape index (κ2) is 4.51. The largest absolute Gasteiger partial charge is 0.481 e. The van der Waals surface area contributed by atoms with E-state index < -0.39 is 11.4 Å². The molecular formula is C11H15NO3S. The molecular weight excluding hydrogens is 226 g/mol. The number of hydrogen-bond donors (Lipinski definition) is 1. The Morgan fingerprint density at radius 3 is 2.88 bits per heavy atom. The first-order valence-electron chi connectivity index (χ1n) is 5.36. The van der Waals surface area contributed by atoms with Gasteiger partial charge in [-0.05, 0) is 12.8 Å². The summed E-state index contributed by atoms with van der Waals surface area (Å²) in [6.45, 7) is 0.459. The van der Waals surface area contributed by atoms with E-state index in [-0.39, 0.29) is 0 Å². The van der Waals surface area contributed by atoms with Crippen LogP contribution >= 0.6 is 11.3 Å². The van der Waals surface area contributed by atoms with Crippen molar-refractivity contribution in [3.63, 3.8) is 0 Å². The summed E-state index contributed by atoms with van der Waals surface area (Å²) in [4.78, 5) is 15.8. The van der Waals surface area contributed by atoms with Crippen LogP contribution in [0.1, 0.15) is 36.4 Å². The quantitative estimate of drug-likeness (QED) is 0.877. The fourth-order valence-corrected chi connectivity index (χ4v) is 3.14. The lowest BCUT2D eigenvalue weighted by Gasteiger charge is -2.21. The van der Waals surface area contributed by atoms with E-state index in [9.17, 15) is 9.90 Å². The fraction of sp³-hybridized carbons (Fsp3) is 0.636. The lowest BCUT2D eigenvalue weighted by Crippen LogP contribution is -2.33. The van der Waals surface area contributed by atoms with Crippen molar-refractivity contribution >= 4 is 17.3 Å². The molecule has 0 aromatic carbocycles. The molecule has 0 bridgehead atoms. The molecule has 0 spiro atoms. The zero-order valence-corrected chi connectivity index (χ0v) is 10.0. The van der Waals surface area contributed by atoms with Crippen molar-refractivity contribution in [2.45, 2.75) is 37.7 Å². The summed E-state index contributed by atoms with van der Waals surface area (Å²) in [6, 6.07) is 0. The van der Waals surface area contributed by atoms with Gasteiger partial charge in [0.1, 0.15) is 10.4 Å². The molecule has 0 aliphatic heterocycles. The minimum Gasteiger partial charge on any atom is -0.481 e. The average molecular weight is 241 g/mol. The number of carboxylic acids is 1. The zero-order chi connectivity index (χ0) is 11.6. The normalized spacial score (nSPS) is 18.8. The molecule has 1 heterocycles. The van der Waals surface area contributed by atoms with Crippen LogP contribution in [0.4, 0.5) is 0 Å². The molecule has 5 heteroatoms. The summed E-state index contributed by atoms with van der Waals surface area (Å²) in [5.74, 6) is -0.737. The van der Waals surface area contributed by atoms with Gasteiger partial charge in [0.2, 0.25) is 0 Å². The fourth-order valence-electron chi connectivity index (χ4n) is 2.28. The Labute approximate surface area is 98.3 Å². The minimum atomic E-state index is -0.737. The van der Waals surface area contributed by atoms with Crippen molar-refractivity contribution in [2.24, 2.45) is 0 Å². The Balaban J connectivity index is 2.28. The first kappa shape index (κ1) is 11.5. The van der Waals surface area contributed by atoms with E-state index in [1.54, 1.807) is 7.11 Å². The van der Waals surface area contributed by atoms with Gasteiger partial charge in [0, 0.05) is 12.5 Å². The highest BCUT2D eigenvalue weighted by Gasteiger charge is 2.44. The number of aromatic nitrogens is 1. The Bertz CT molecular complexity index is 382. The van der Waals surface area contributed by atoms with Gasteiger partial charge in [0.15, 0.2) is 0 Å². The summed E-state index contributed by atoms with van der Waals surface area (Å²) >= 11 is 1.48. The predicted molar refractivity (Wildman–Crippen MR) is 60.6 cm³/mol. The second-order valence-electron chi connectivity index (χ2n) is 4.15. The van der Waals surface area contributed by atoms with Crippen LogP contribution in [-0.4, -0.2) is 23.2 Å². The van der Waals surface area contributed by atoms with Crippen molar-refractivity contribution in [3.8, 4) is 0 Å². The van der Waals surface area contributed by atoms with E-state index in [0.717, 1.165) is 23.5 Å². The number of hydrogen-bond acceptors (Lipinski definition) is 4. The molecule has 2 rings (SSSR count). The third kappa shape index (κ3) is 1.85. The molecule has 1 aliphatic rings. The third-order valence-corrected chi connectivity index (χ3v) is 4.00. The van der Waals surface area contributed by atoms with Gasteiger partial charge in [-0.2, -0.15) is 0 Å². The summed E-state index contributed by atoms with van der Waals surface area (Å²) in [5, 5.41) is 12.1. The average Bonchev–Trinajstić information content (AvgIpc) is 2.85.